The van der Waals surface area contributed by atoms with E-state index < -0.39 is 12.4 Å². The van der Waals surface area contributed by atoms with Crippen LogP contribution < -0.4 is 0 Å². The third-order valence-corrected chi connectivity index (χ3v) is 5.12. The molecule has 4 rings (SSSR count). The minimum Gasteiger partial charge on any atom is -0.338 e. The molecular formula is C18H17F3N6O. The number of pyridine rings is 1. The molecule has 1 aliphatic rings. The Labute approximate surface area is 158 Å². The summed E-state index contributed by atoms with van der Waals surface area (Å²) in [6, 6.07) is 3.85. The van der Waals surface area contributed by atoms with E-state index in [1.807, 2.05) is 6.92 Å². The molecule has 0 aliphatic carbocycles. The van der Waals surface area contributed by atoms with Gasteiger partial charge >= 0.3 is 0 Å². The summed E-state index contributed by atoms with van der Waals surface area (Å²) in [5.41, 5.74) is 0.456. The first-order valence-electron chi connectivity index (χ1n) is 8.83. The largest absolute Gasteiger partial charge is 0.338 e. The van der Waals surface area contributed by atoms with E-state index in [0.717, 1.165) is 6.07 Å². The molecule has 0 bridgehead atoms. The van der Waals surface area contributed by atoms with Crippen LogP contribution in [0, 0.1) is 11.9 Å². The van der Waals surface area contributed by atoms with Crippen LogP contribution >= 0.6 is 0 Å². The number of aromatic nitrogens is 5. The fourth-order valence-electron chi connectivity index (χ4n) is 3.55. The average Bonchev–Trinajstić information content (AvgIpc) is 3.16. The summed E-state index contributed by atoms with van der Waals surface area (Å²) < 4.78 is 41.0. The monoisotopic (exact) mass is 390 g/mol. The third kappa shape index (κ3) is 3.30. The molecule has 0 spiro atoms. The topological polar surface area (TPSA) is 76.3 Å². The Kier molecular flexibility index (Phi) is 4.70. The minimum atomic E-state index is -2.73. The highest BCUT2D eigenvalue weighted by Gasteiger charge is 2.33. The molecule has 3 aromatic heterocycles. The van der Waals surface area contributed by atoms with Crippen molar-refractivity contribution in [1.29, 1.82) is 0 Å². The first-order chi connectivity index (χ1) is 13.4. The molecule has 0 radical (unpaired) electrons. The number of carbonyl (C=O) groups is 1. The van der Waals surface area contributed by atoms with Crippen LogP contribution in [0.15, 0.2) is 30.7 Å². The van der Waals surface area contributed by atoms with E-state index in [9.17, 15) is 18.0 Å². The lowest BCUT2D eigenvalue weighted by molar-refractivity contribution is 0.0665. The molecule has 4 heterocycles. The lowest BCUT2D eigenvalue weighted by Crippen LogP contribution is -2.42. The van der Waals surface area contributed by atoms with Gasteiger partial charge in [0, 0.05) is 25.2 Å². The van der Waals surface area contributed by atoms with Crippen molar-refractivity contribution in [3.8, 4) is 0 Å². The van der Waals surface area contributed by atoms with Gasteiger partial charge in [0.1, 0.15) is 12.0 Å². The fourth-order valence-corrected chi connectivity index (χ4v) is 3.55. The van der Waals surface area contributed by atoms with Crippen LogP contribution in [0.25, 0.3) is 5.78 Å². The van der Waals surface area contributed by atoms with E-state index in [0.29, 0.717) is 25.2 Å². The smallest absolute Gasteiger partial charge is 0.280 e. The fraction of sp³-hybridized carbons (Fsp3) is 0.389. The SMILES string of the molecule is CC1CCN(C(=O)c2ccc(F)nc2)C[C@H]1c1cc(C(F)F)nc2ncnn12. The number of halogens is 3. The van der Waals surface area contributed by atoms with Gasteiger partial charge in [-0.3, -0.25) is 4.79 Å². The molecule has 2 atom stereocenters. The summed E-state index contributed by atoms with van der Waals surface area (Å²) in [6.45, 7) is 2.84. The Hall–Kier alpha value is -3.04. The van der Waals surface area contributed by atoms with Crippen LogP contribution in [-0.4, -0.2) is 48.5 Å². The van der Waals surface area contributed by atoms with Gasteiger partial charge in [0.15, 0.2) is 0 Å². The van der Waals surface area contributed by atoms with Crippen molar-refractivity contribution < 1.29 is 18.0 Å². The van der Waals surface area contributed by atoms with Crippen molar-refractivity contribution in [3.05, 3.63) is 53.6 Å². The van der Waals surface area contributed by atoms with Crippen molar-refractivity contribution >= 4 is 11.7 Å². The second-order valence-electron chi connectivity index (χ2n) is 6.87. The van der Waals surface area contributed by atoms with Gasteiger partial charge in [-0.2, -0.15) is 14.5 Å². The standard InChI is InChI=1S/C18H17F3N6O/c1-10-4-5-26(17(28)11-2-3-15(19)22-7-11)8-12(10)14-6-13(16(20)21)25-18-23-9-24-27(14)18/h2-3,6-7,9-10,12,16H,4-5,8H2,1H3/t10?,12-/m1/s1. The Balaban J connectivity index is 1.67. The number of piperidine rings is 1. The van der Waals surface area contributed by atoms with Gasteiger partial charge in [-0.25, -0.2) is 23.3 Å². The molecule has 1 amide bonds. The zero-order valence-electron chi connectivity index (χ0n) is 15.0. The first kappa shape index (κ1) is 18.3. The molecule has 146 valence electrons. The number of likely N-dealkylation sites (tertiary alicyclic amines) is 1. The van der Waals surface area contributed by atoms with Crippen LogP contribution in [0.1, 0.15) is 47.4 Å². The Bertz CT molecular complexity index is 1010. The molecule has 1 unspecified atom stereocenters. The Morgan fingerprint density at radius 2 is 2.11 bits per heavy atom. The molecular weight excluding hydrogens is 373 g/mol. The van der Waals surface area contributed by atoms with Gasteiger partial charge in [-0.15, -0.1) is 0 Å². The van der Waals surface area contributed by atoms with Crippen molar-refractivity contribution in [2.45, 2.75) is 25.7 Å². The van der Waals surface area contributed by atoms with Gasteiger partial charge in [0.25, 0.3) is 18.1 Å². The average molecular weight is 390 g/mol. The molecule has 1 fully saturated rings. The number of carbonyl (C=O) groups excluding carboxylic acids is 1. The molecule has 0 saturated carbocycles. The van der Waals surface area contributed by atoms with Gasteiger partial charge in [0.05, 0.1) is 11.3 Å². The second-order valence-corrected chi connectivity index (χ2v) is 6.87. The van der Waals surface area contributed by atoms with Gasteiger partial charge in [-0.05, 0) is 30.5 Å². The normalized spacial score (nSPS) is 20.1. The van der Waals surface area contributed by atoms with Crippen LogP contribution in [-0.2, 0) is 0 Å². The van der Waals surface area contributed by atoms with E-state index >= 15 is 0 Å². The van der Waals surface area contributed by atoms with Crippen LogP contribution in [0.2, 0.25) is 0 Å². The molecule has 3 aromatic rings. The highest BCUT2D eigenvalue weighted by atomic mass is 19.3. The number of alkyl halides is 2. The van der Waals surface area contributed by atoms with Crippen molar-refractivity contribution in [3.63, 3.8) is 0 Å². The molecule has 7 nitrogen and oxygen atoms in total. The highest BCUT2D eigenvalue weighted by molar-refractivity contribution is 5.94. The number of rotatable bonds is 3. The summed E-state index contributed by atoms with van der Waals surface area (Å²) >= 11 is 0. The van der Waals surface area contributed by atoms with E-state index in [4.69, 9.17) is 0 Å². The lowest BCUT2D eigenvalue weighted by atomic mass is 9.84. The molecule has 0 aromatic carbocycles. The summed E-state index contributed by atoms with van der Waals surface area (Å²) in [7, 11) is 0. The van der Waals surface area contributed by atoms with Crippen LogP contribution in [0.3, 0.4) is 0 Å². The number of nitrogens with zero attached hydrogens (tertiary/aromatic N) is 6. The van der Waals surface area contributed by atoms with Gasteiger partial charge in [-0.1, -0.05) is 6.92 Å². The van der Waals surface area contributed by atoms with Crippen LogP contribution in [0.5, 0.6) is 0 Å². The third-order valence-electron chi connectivity index (χ3n) is 5.12. The predicted molar refractivity (Wildman–Crippen MR) is 92.4 cm³/mol. The van der Waals surface area contributed by atoms with E-state index in [1.165, 1.54) is 29.2 Å². The van der Waals surface area contributed by atoms with Crippen molar-refractivity contribution in [2.24, 2.45) is 5.92 Å². The van der Waals surface area contributed by atoms with E-state index in [1.54, 1.807) is 4.90 Å². The van der Waals surface area contributed by atoms with E-state index in [-0.39, 0.29) is 34.8 Å². The summed E-state index contributed by atoms with van der Waals surface area (Å²) in [4.78, 5) is 25.7. The van der Waals surface area contributed by atoms with Crippen molar-refractivity contribution in [1.82, 2.24) is 29.5 Å². The highest BCUT2D eigenvalue weighted by Crippen LogP contribution is 2.34. The Morgan fingerprint density at radius 1 is 1.29 bits per heavy atom. The lowest BCUT2D eigenvalue weighted by Gasteiger charge is -2.37. The molecule has 1 saturated heterocycles. The number of hydrogen-bond acceptors (Lipinski definition) is 5. The van der Waals surface area contributed by atoms with E-state index in [2.05, 4.69) is 20.1 Å². The maximum atomic E-state index is 13.3. The number of amides is 1. The maximum absolute atomic E-state index is 13.3. The zero-order chi connectivity index (χ0) is 19.8. The summed E-state index contributed by atoms with van der Waals surface area (Å²) in [6.07, 6.45) is 0.416. The van der Waals surface area contributed by atoms with Crippen molar-refractivity contribution in [2.75, 3.05) is 13.1 Å². The molecule has 10 heteroatoms. The Morgan fingerprint density at radius 3 is 2.82 bits per heavy atom. The molecule has 28 heavy (non-hydrogen) atoms. The summed E-state index contributed by atoms with van der Waals surface area (Å²) in [5.74, 6) is -0.924. The van der Waals surface area contributed by atoms with Gasteiger partial charge in [0.2, 0.25) is 5.95 Å². The predicted octanol–water partition coefficient (Wildman–Crippen LogP) is 2.86. The zero-order valence-corrected chi connectivity index (χ0v) is 15.0. The number of fused-ring (bicyclic) bond motifs is 1. The van der Waals surface area contributed by atoms with Crippen LogP contribution in [0.4, 0.5) is 13.2 Å². The quantitative estimate of drug-likeness (QED) is 0.643. The minimum absolute atomic E-state index is 0.103. The first-order valence-corrected chi connectivity index (χ1v) is 8.83. The number of hydrogen-bond donors (Lipinski definition) is 0. The summed E-state index contributed by atoms with van der Waals surface area (Å²) in [5, 5.41) is 4.11. The second kappa shape index (κ2) is 7.17. The maximum Gasteiger partial charge on any atom is 0.280 e. The molecule has 1 aliphatic heterocycles. The molecule has 0 N–H and O–H groups in total. The van der Waals surface area contributed by atoms with Gasteiger partial charge < -0.3 is 4.90 Å².